The predicted octanol–water partition coefficient (Wildman–Crippen LogP) is -0.108. The molecule has 4 N–H and O–H groups in total. The van der Waals surface area contributed by atoms with E-state index in [9.17, 15) is 10.1 Å². The number of furan rings is 1. The third kappa shape index (κ3) is 2.71. The molecule has 0 aliphatic rings. The standard InChI is InChI=1S/C8H7N7O4/c9-7(6-8(10)14-19-13-6)12-11-3-4-1-2-5(18-4)15(16)17/h1-3H,(H2,9,12)(H2,10,14)/b11-3-. The molecule has 11 heteroatoms. The van der Waals surface area contributed by atoms with Gasteiger partial charge in [-0.15, -0.1) is 5.10 Å². The van der Waals surface area contributed by atoms with E-state index in [0.29, 0.717) is 0 Å². The van der Waals surface area contributed by atoms with E-state index in [1.807, 2.05) is 0 Å². The van der Waals surface area contributed by atoms with E-state index in [4.69, 9.17) is 15.9 Å². The van der Waals surface area contributed by atoms with E-state index in [0.717, 1.165) is 6.21 Å². The second-order valence-electron chi connectivity index (χ2n) is 3.16. The number of hydrogen-bond acceptors (Lipinski definition) is 9. The van der Waals surface area contributed by atoms with Crippen molar-refractivity contribution in [3.8, 4) is 0 Å². The number of aromatic nitrogens is 2. The van der Waals surface area contributed by atoms with Crippen LogP contribution in [0.5, 0.6) is 0 Å². The normalized spacial score (nSPS) is 12.1. The van der Waals surface area contributed by atoms with Gasteiger partial charge in [0.2, 0.25) is 0 Å². The van der Waals surface area contributed by atoms with Gasteiger partial charge in [0.1, 0.15) is 4.92 Å². The summed E-state index contributed by atoms with van der Waals surface area (Å²) in [5, 5.41) is 24.2. The van der Waals surface area contributed by atoms with Crippen molar-refractivity contribution in [1.82, 2.24) is 10.3 Å². The van der Waals surface area contributed by atoms with Crippen LogP contribution >= 0.6 is 0 Å². The van der Waals surface area contributed by atoms with Crippen LogP contribution in [0, 0.1) is 10.1 Å². The van der Waals surface area contributed by atoms with Crippen LogP contribution in [0.4, 0.5) is 11.7 Å². The number of hydrogen-bond donors (Lipinski definition) is 2. The maximum absolute atomic E-state index is 10.4. The van der Waals surface area contributed by atoms with Gasteiger partial charge in [-0.25, -0.2) is 4.63 Å². The zero-order valence-electron chi connectivity index (χ0n) is 9.26. The van der Waals surface area contributed by atoms with E-state index >= 15 is 0 Å². The Hall–Kier alpha value is -3.24. The lowest BCUT2D eigenvalue weighted by Crippen LogP contribution is -2.15. The molecule has 0 saturated carbocycles. The molecule has 98 valence electrons. The van der Waals surface area contributed by atoms with Crippen molar-refractivity contribution in [1.29, 1.82) is 0 Å². The third-order valence-corrected chi connectivity index (χ3v) is 1.90. The van der Waals surface area contributed by atoms with Crippen LogP contribution < -0.4 is 11.5 Å². The number of nitro groups is 1. The highest BCUT2D eigenvalue weighted by Gasteiger charge is 2.11. The summed E-state index contributed by atoms with van der Waals surface area (Å²) in [5.74, 6) is -0.390. The van der Waals surface area contributed by atoms with Gasteiger partial charge in [-0.1, -0.05) is 0 Å². The van der Waals surface area contributed by atoms with Crippen molar-refractivity contribution >= 4 is 23.8 Å². The quantitative estimate of drug-likeness (QED) is 0.333. The van der Waals surface area contributed by atoms with Crippen LogP contribution in [0.1, 0.15) is 11.5 Å². The molecule has 0 saturated heterocycles. The third-order valence-electron chi connectivity index (χ3n) is 1.90. The maximum atomic E-state index is 10.4. The Labute approximate surface area is 104 Å². The molecule has 2 heterocycles. The van der Waals surface area contributed by atoms with Gasteiger partial charge in [-0.3, -0.25) is 10.1 Å². The molecule has 0 aliphatic carbocycles. The van der Waals surface area contributed by atoms with Crippen molar-refractivity contribution in [2.75, 3.05) is 5.73 Å². The van der Waals surface area contributed by atoms with Gasteiger partial charge in [0.15, 0.2) is 23.1 Å². The van der Waals surface area contributed by atoms with Gasteiger partial charge < -0.3 is 15.9 Å². The van der Waals surface area contributed by atoms with Gasteiger partial charge in [-0.2, -0.15) is 5.10 Å². The Morgan fingerprint density at radius 2 is 2.26 bits per heavy atom. The van der Waals surface area contributed by atoms with Crippen molar-refractivity contribution < 1.29 is 14.0 Å². The number of nitrogens with zero attached hydrogens (tertiary/aromatic N) is 5. The van der Waals surface area contributed by atoms with Gasteiger partial charge in [0.05, 0.1) is 12.3 Å². The lowest BCUT2D eigenvalue weighted by atomic mass is 10.4. The average Bonchev–Trinajstić information content (AvgIpc) is 2.97. The molecule has 2 aromatic rings. The molecule has 0 aliphatic heterocycles. The highest BCUT2D eigenvalue weighted by Crippen LogP contribution is 2.13. The lowest BCUT2D eigenvalue weighted by Gasteiger charge is -1.90. The fourth-order valence-corrected chi connectivity index (χ4v) is 1.08. The summed E-state index contributed by atoms with van der Waals surface area (Å²) in [6.07, 6.45) is 1.14. The first-order valence-corrected chi connectivity index (χ1v) is 4.77. The predicted molar refractivity (Wildman–Crippen MR) is 62.4 cm³/mol. The van der Waals surface area contributed by atoms with Crippen molar-refractivity contribution in [2.45, 2.75) is 0 Å². The first kappa shape index (κ1) is 12.2. The fraction of sp³-hybridized carbons (Fsp3) is 0. The first-order chi connectivity index (χ1) is 9.08. The maximum Gasteiger partial charge on any atom is 0.433 e. The number of amidine groups is 1. The van der Waals surface area contributed by atoms with Crippen LogP contribution in [0.25, 0.3) is 0 Å². The molecule has 2 rings (SSSR count). The molecule has 0 aromatic carbocycles. The molecule has 0 unspecified atom stereocenters. The minimum atomic E-state index is -0.670. The van der Waals surface area contributed by atoms with Crippen LogP contribution in [0.2, 0.25) is 0 Å². The molecule has 0 fully saturated rings. The molecular formula is C8H7N7O4. The van der Waals surface area contributed by atoms with E-state index < -0.39 is 10.8 Å². The van der Waals surface area contributed by atoms with Gasteiger partial charge >= 0.3 is 5.88 Å². The summed E-state index contributed by atoms with van der Waals surface area (Å²) < 4.78 is 9.14. The fourth-order valence-electron chi connectivity index (χ4n) is 1.08. The largest absolute Gasteiger partial charge is 0.433 e. The van der Waals surface area contributed by atoms with Crippen LogP contribution in [0.15, 0.2) is 31.4 Å². The van der Waals surface area contributed by atoms with Crippen LogP contribution in [-0.4, -0.2) is 27.3 Å². The SMILES string of the molecule is N/C(=N\N=C/c1ccc([N+](=O)[O-])o1)c1nonc1N. The van der Waals surface area contributed by atoms with E-state index in [-0.39, 0.29) is 23.1 Å². The molecule has 0 radical (unpaired) electrons. The van der Waals surface area contributed by atoms with Crippen LogP contribution in [-0.2, 0) is 0 Å². The molecule has 0 spiro atoms. The Kier molecular flexibility index (Phi) is 3.18. The Morgan fingerprint density at radius 1 is 1.47 bits per heavy atom. The number of rotatable bonds is 4. The van der Waals surface area contributed by atoms with Crippen molar-refractivity contribution in [2.24, 2.45) is 15.9 Å². The first-order valence-electron chi connectivity index (χ1n) is 4.77. The molecular weight excluding hydrogens is 258 g/mol. The van der Waals surface area contributed by atoms with Crippen molar-refractivity contribution in [3.05, 3.63) is 33.7 Å². The molecule has 0 atom stereocenters. The van der Waals surface area contributed by atoms with Gasteiger partial charge in [0.25, 0.3) is 0 Å². The number of anilines is 1. The minimum Gasteiger partial charge on any atom is -0.400 e. The summed E-state index contributed by atoms with van der Waals surface area (Å²) in [4.78, 5) is 9.70. The summed E-state index contributed by atoms with van der Waals surface area (Å²) >= 11 is 0. The van der Waals surface area contributed by atoms with E-state index in [1.165, 1.54) is 12.1 Å². The molecule has 0 amide bonds. The molecule has 2 aromatic heterocycles. The highest BCUT2D eigenvalue weighted by atomic mass is 16.6. The molecule has 0 bridgehead atoms. The van der Waals surface area contributed by atoms with Gasteiger partial charge in [-0.05, 0) is 16.4 Å². The molecule has 11 nitrogen and oxygen atoms in total. The lowest BCUT2D eigenvalue weighted by molar-refractivity contribution is -0.402. The zero-order valence-corrected chi connectivity index (χ0v) is 9.26. The van der Waals surface area contributed by atoms with E-state index in [2.05, 4.69) is 25.1 Å². The second-order valence-corrected chi connectivity index (χ2v) is 3.16. The minimum absolute atomic E-state index is 0.0231. The highest BCUT2D eigenvalue weighted by molar-refractivity contribution is 5.99. The molecule has 19 heavy (non-hydrogen) atoms. The smallest absolute Gasteiger partial charge is 0.400 e. The topological polar surface area (TPSA) is 172 Å². The Morgan fingerprint density at radius 3 is 2.84 bits per heavy atom. The Balaban J connectivity index is 2.10. The summed E-state index contributed by atoms with van der Waals surface area (Å²) in [5.41, 5.74) is 11.0. The van der Waals surface area contributed by atoms with E-state index in [1.54, 1.807) is 0 Å². The second kappa shape index (κ2) is 4.95. The monoisotopic (exact) mass is 265 g/mol. The number of nitrogens with two attached hydrogens (primary N) is 2. The Bertz CT molecular complexity index is 656. The van der Waals surface area contributed by atoms with Crippen LogP contribution in [0.3, 0.4) is 0 Å². The number of nitrogen functional groups attached to an aromatic ring is 1. The summed E-state index contributed by atoms with van der Waals surface area (Å²) in [7, 11) is 0. The van der Waals surface area contributed by atoms with Crippen molar-refractivity contribution in [3.63, 3.8) is 0 Å². The van der Waals surface area contributed by atoms with Gasteiger partial charge in [0, 0.05) is 0 Å². The average molecular weight is 265 g/mol. The summed E-state index contributed by atoms with van der Waals surface area (Å²) in [6, 6.07) is 2.55. The zero-order chi connectivity index (χ0) is 13.8. The summed E-state index contributed by atoms with van der Waals surface area (Å²) in [6.45, 7) is 0.